The van der Waals surface area contributed by atoms with Crippen LogP contribution in [0.15, 0.2) is 58.3 Å². The van der Waals surface area contributed by atoms with E-state index in [-0.39, 0.29) is 30.1 Å². The average molecular weight is 524 g/mol. The van der Waals surface area contributed by atoms with Gasteiger partial charge in [0.1, 0.15) is 11.8 Å². The summed E-state index contributed by atoms with van der Waals surface area (Å²) in [5.74, 6) is -1.17. The standard InChI is InChI=1S/C23H20F3N6O3S.Li/c1-4-5-8-29-14(2)9-15(3)31-22(28)18-11-17(6-7-21(18)33)36(34,35)32-16-10-19(23(24,25)26)20(12-27)30-13-16;/h6-7,10-11,13,32H,3-5H2,1-2H3,(H2-,28,31,33);/q-3;+1. The number of phenolic OH excluding ortho intramolecular Hbond substituents is 1. The van der Waals surface area contributed by atoms with Crippen molar-refractivity contribution in [1.82, 2.24) is 10.3 Å². The molecule has 0 aliphatic heterocycles. The van der Waals surface area contributed by atoms with Gasteiger partial charge >= 0.3 is 25.0 Å². The molecule has 14 heteroatoms. The van der Waals surface area contributed by atoms with Gasteiger partial charge in [-0.1, -0.05) is 25.6 Å². The molecule has 0 aliphatic carbocycles. The third-order valence-corrected chi connectivity index (χ3v) is 5.67. The smallest absolute Gasteiger partial charge is 0.507 e. The summed E-state index contributed by atoms with van der Waals surface area (Å²) in [5, 5.41) is 31.7. The second kappa shape index (κ2) is 13.1. The molecule has 0 radical (unpaired) electrons. The largest absolute Gasteiger partial charge is 1.00 e. The molecular weight excluding hydrogens is 504 g/mol. The van der Waals surface area contributed by atoms with Crippen LogP contribution in [-0.2, 0) is 16.2 Å². The van der Waals surface area contributed by atoms with E-state index in [2.05, 4.69) is 34.2 Å². The van der Waals surface area contributed by atoms with Crippen molar-refractivity contribution in [3.05, 3.63) is 76.7 Å². The maximum Gasteiger partial charge on any atom is 1.00 e. The van der Waals surface area contributed by atoms with Crippen LogP contribution in [0.25, 0.3) is 5.41 Å². The molecule has 1 heterocycles. The fraction of sp³-hybridized carbons (Fsp3) is 0.217. The van der Waals surface area contributed by atoms with Crippen LogP contribution < -0.4 is 28.9 Å². The molecule has 37 heavy (non-hydrogen) atoms. The Morgan fingerprint density at radius 1 is 1.35 bits per heavy atom. The zero-order chi connectivity index (χ0) is 27.1. The number of benzene rings is 1. The number of phenols is 1. The summed E-state index contributed by atoms with van der Waals surface area (Å²) in [5.41, 5.74) is -2.78. The minimum atomic E-state index is -4.94. The molecule has 0 saturated heterocycles. The van der Waals surface area contributed by atoms with Crippen molar-refractivity contribution in [3.8, 4) is 11.8 Å². The van der Waals surface area contributed by atoms with Gasteiger partial charge < -0.3 is 26.9 Å². The van der Waals surface area contributed by atoms with Gasteiger partial charge in [-0.25, -0.2) is 31.4 Å². The number of hydrogen-bond donors (Lipinski definition) is 3. The fourth-order valence-corrected chi connectivity index (χ4v) is 3.75. The topological polar surface area (TPSA) is 150 Å². The van der Waals surface area contributed by atoms with Crippen molar-refractivity contribution in [2.75, 3.05) is 4.72 Å². The average Bonchev–Trinajstić information content (AvgIpc) is 2.78. The molecule has 1 aromatic carbocycles. The number of halogens is 3. The fourth-order valence-electron chi connectivity index (χ4n) is 2.69. The molecule has 0 fully saturated rings. The number of aliphatic imine (C=N–C) groups is 1. The Labute approximate surface area is 224 Å². The van der Waals surface area contributed by atoms with Gasteiger partial charge in [-0.05, 0) is 24.3 Å². The van der Waals surface area contributed by atoms with Crippen molar-refractivity contribution in [1.29, 1.82) is 5.26 Å². The van der Waals surface area contributed by atoms with E-state index in [0.717, 1.165) is 30.8 Å². The number of sulfonamides is 1. The number of nitriles is 1. The second-order valence-corrected chi connectivity index (χ2v) is 8.88. The van der Waals surface area contributed by atoms with Gasteiger partial charge in [0, 0.05) is 5.56 Å². The zero-order valence-electron chi connectivity index (χ0n) is 20.1. The first-order valence-corrected chi connectivity index (χ1v) is 11.7. The van der Waals surface area contributed by atoms with Gasteiger partial charge in [0.05, 0.1) is 22.3 Å². The summed E-state index contributed by atoms with van der Waals surface area (Å²) >= 11 is 0. The van der Waals surface area contributed by atoms with E-state index in [9.17, 15) is 32.1 Å². The van der Waals surface area contributed by atoms with Gasteiger partial charge in [0.2, 0.25) is 0 Å². The van der Waals surface area contributed by atoms with Gasteiger partial charge in [0.15, 0.2) is 5.69 Å². The zero-order valence-corrected chi connectivity index (χ0v) is 20.9. The van der Waals surface area contributed by atoms with Gasteiger partial charge in [-0.15, -0.1) is 6.92 Å². The molecule has 0 spiro atoms. The molecule has 1 aromatic heterocycles. The molecule has 0 unspecified atom stereocenters. The Hall–Kier alpha value is -3.58. The monoisotopic (exact) mass is 524 g/mol. The molecule has 0 bridgehead atoms. The first-order valence-electron chi connectivity index (χ1n) is 10.2. The molecule has 2 rings (SSSR count). The summed E-state index contributed by atoms with van der Waals surface area (Å²) in [6.45, 7) is 7.21. The summed E-state index contributed by atoms with van der Waals surface area (Å²) in [4.78, 5) is 6.85. The van der Waals surface area contributed by atoms with Crippen molar-refractivity contribution in [2.45, 2.75) is 37.8 Å². The number of hydrogen-bond acceptors (Lipinski definition) is 6. The number of unbranched alkanes of at least 4 members (excludes halogenated alkanes) is 1. The third kappa shape index (κ3) is 8.79. The van der Waals surface area contributed by atoms with Gasteiger partial charge in [0.25, 0.3) is 10.0 Å². The Bertz CT molecular complexity index is 1380. The van der Waals surface area contributed by atoms with Crippen molar-refractivity contribution in [2.24, 2.45) is 4.99 Å². The van der Waals surface area contributed by atoms with E-state index in [4.69, 9.17) is 5.26 Å². The first kappa shape index (κ1) is 31.4. The minimum absolute atomic E-state index is 0. The van der Waals surface area contributed by atoms with Crippen LogP contribution in [-0.4, -0.2) is 30.6 Å². The van der Waals surface area contributed by atoms with Crippen LogP contribution in [0.4, 0.5) is 18.9 Å². The number of pyridine rings is 1. The minimum Gasteiger partial charge on any atom is -0.507 e. The number of allylic oxidation sites excluding steroid dienone is 2. The van der Waals surface area contributed by atoms with Crippen LogP contribution in [0.3, 0.4) is 0 Å². The third-order valence-electron chi connectivity index (χ3n) is 4.29. The number of aromatic nitrogens is 1. The Morgan fingerprint density at radius 2 is 2.03 bits per heavy atom. The maximum absolute atomic E-state index is 13.2. The van der Waals surface area contributed by atoms with Crippen LogP contribution in [0, 0.1) is 17.4 Å². The van der Waals surface area contributed by atoms with Crippen LogP contribution in [0.1, 0.15) is 43.5 Å². The summed E-state index contributed by atoms with van der Waals surface area (Å²) in [6, 6.07) is 4.56. The molecule has 0 aliphatic rings. The van der Waals surface area contributed by atoms with E-state index >= 15 is 0 Å². The molecule has 0 atom stereocenters. The number of aromatic hydroxyl groups is 1. The maximum atomic E-state index is 13.2. The molecule has 0 saturated carbocycles. The first-order chi connectivity index (χ1) is 16.8. The van der Waals surface area contributed by atoms with E-state index in [1.807, 2.05) is 11.6 Å². The molecule has 9 nitrogen and oxygen atoms in total. The number of nitrogens with one attached hydrogen (secondary N) is 2. The van der Waals surface area contributed by atoms with Crippen molar-refractivity contribution < 1.29 is 45.6 Å². The molecule has 3 N–H and O–H groups in total. The van der Waals surface area contributed by atoms with Gasteiger partial charge in [-0.3, -0.25) is 4.72 Å². The summed E-state index contributed by atoms with van der Waals surface area (Å²) < 4.78 is 66.9. The SMILES string of the molecule is C=C([C-]=C(C)N=[C-]CCC)NC(=[N-])c1cc(S(=O)(=O)Nc2cnc(C#N)c(C(F)(F)F)c2)ccc1O.[Li+]. The van der Waals surface area contributed by atoms with Crippen LogP contribution >= 0.6 is 0 Å². The second-order valence-electron chi connectivity index (χ2n) is 7.20. The van der Waals surface area contributed by atoms with Gasteiger partial charge in [-0.2, -0.15) is 24.6 Å². The van der Waals surface area contributed by atoms with Crippen molar-refractivity contribution >= 4 is 27.8 Å². The molecule has 190 valence electrons. The summed E-state index contributed by atoms with van der Waals surface area (Å²) in [7, 11) is -4.50. The Kier molecular flexibility index (Phi) is 11.1. The molecule has 2 aromatic rings. The van der Waals surface area contributed by atoms with E-state index in [1.165, 1.54) is 6.07 Å². The number of alkyl halides is 3. The normalized spacial score (nSPS) is 11.9. The molecule has 0 amide bonds. The summed E-state index contributed by atoms with van der Waals surface area (Å²) in [6.07, 6.45) is 2.82. The van der Waals surface area contributed by atoms with E-state index in [0.29, 0.717) is 18.2 Å². The Balaban J connectivity index is 0.00000684. The number of anilines is 1. The predicted octanol–water partition coefficient (Wildman–Crippen LogP) is 1.36. The number of rotatable bonds is 9. The van der Waals surface area contributed by atoms with Crippen molar-refractivity contribution in [3.63, 3.8) is 0 Å². The van der Waals surface area contributed by atoms with Crippen LogP contribution in [0.2, 0.25) is 0 Å². The Morgan fingerprint density at radius 3 is 2.62 bits per heavy atom. The van der Waals surface area contributed by atoms with E-state index in [1.54, 1.807) is 6.92 Å². The quantitative estimate of drug-likeness (QED) is 0.148. The predicted molar refractivity (Wildman–Crippen MR) is 127 cm³/mol. The number of nitrogens with zero attached hydrogens (tertiary/aromatic N) is 4. The van der Waals surface area contributed by atoms with Crippen LogP contribution in [0.5, 0.6) is 5.75 Å². The van der Waals surface area contributed by atoms with E-state index < -0.39 is 49.6 Å². The number of amidine groups is 1. The molecular formula is C23H20F3LiN6O3S-2.